The van der Waals surface area contributed by atoms with Gasteiger partial charge in [0.05, 0.1) is 11.1 Å². The van der Waals surface area contributed by atoms with E-state index < -0.39 is 0 Å². The first-order valence-electron chi connectivity index (χ1n) is 9.82. The lowest BCUT2D eigenvalue weighted by atomic mass is 9.99. The van der Waals surface area contributed by atoms with Crippen molar-refractivity contribution in [3.8, 4) is 11.8 Å². The summed E-state index contributed by atoms with van der Waals surface area (Å²) in [7, 11) is 0. The second-order valence-corrected chi connectivity index (χ2v) is 6.99. The van der Waals surface area contributed by atoms with Crippen LogP contribution in [-0.4, -0.2) is 20.9 Å². The van der Waals surface area contributed by atoms with Crippen LogP contribution in [0.15, 0.2) is 60.9 Å². The van der Waals surface area contributed by atoms with Gasteiger partial charge in [0.1, 0.15) is 5.75 Å². The van der Waals surface area contributed by atoms with Gasteiger partial charge in [-0.2, -0.15) is 0 Å². The van der Waals surface area contributed by atoms with Crippen molar-refractivity contribution < 1.29 is 9.53 Å². The van der Waals surface area contributed by atoms with Gasteiger partial charge in [-0.25, -0.2) is 9.97 Å². The third-order valence-electron chi connectivity index (χ3n) is 5.00. The third-order valence-corrected chi connectivity index (χ3v) is 5.00. The van der Waals surface area contributed by atoms with Crippen molar-refractivity contribution in [2.75, 3.05) is 5.32 Å². The fourth-order valence-electron chi connectivity index (χ4n) is 3.46. The number of pyridine rings is 1. The van der Waals surface area contributed by atoms with Crippen LogP contribution in [0.1, 0.15) is 34.1 Å². The number of ether oxygens (including phenoxy) is 1. The van der Waals surface area contributed by atoms with E-state index in [0.29, 0.717) is 11.3 Å². The van der Waals surface area contributed by atoms with E-state index in [2.05, 4.69) is 15.3 Å². The van der Waals surface area contributed by atoms with Crippen LogP contribution in [0.3, 0.4) is 0 Å². The maximum absolute atomic E-state index is 13.3. The summed E-state index contributed by atoms with van der Waals surface area (Å²) in [4.78, 5) is 26.1. The van der Waals surface area contributed by atoms with Crippen LogP contribution in [0, 0.1) is 13.8 Å². The average Bonchev–Trinajstić information content (AvgIpc) is 2.76. The van der Waals surface area contributed by atoms with E-state index >= 15 is 0 Å². The minimum absolute atomic E-state index is 0.149. The van der Waals surface area contributed by atoms with Gasteiger partial charge in [0.15, 0.2) is 0 Å². The molecule has 6 nitrogen and oxygen atoms in total. The topological polar surface area (TPSA) is 77.0 Å². The first-order valence-corrected chi connectivity index (χ1v) is 9.82. The highest BCUT2D eigenvalue weighted by Gasteiger charge is 2.18. The molecule has 0 saturated carbocycles. The Kier molecular flexibility index (Phi) is 5.39. The number of anilines is 1. The standard InChI is InChI=1S/C24H22N4O2/c1-4-19-16(3)22(18-8-5-6-9-21(18)27-19)23(29)28-20-11-10-17(14-15(20)2)30-24-25-12-7-13-26-24/h5-14H,4H2,1-3H3,(H,28,29). The van der Waals surface area contributed by atoms with Crippen molar-refractivity contribution in [2.45, 2.75) is 27.2 Å². The van der Waals surface area contributed by atoms with Gasteiger partial charge in [0.25, 0.3) is 5.91 Å². The van der Waals surface area contributed by atoms with Crippen LogP contribution in [0.4, 0.5) is 5.69 Å². The molecule has 0 spiro atoms. The van der Waals surface area contributed by atoms with Crippen LogP contribution < -0.4 is 10.1 Å². The monoisotopic (exact) mass is 398 g/mol. The van der Waals surface area contributed by atoms with Gasteiger partial charge in [-0.3, -0.25) is 9.78 Å². The molecule has 0 radical (unpaired) electrons. The summed E-state index contributed by atoms with van der Waals surface area (Å²) in [6.45, 7) is 5.92. The molecule has 0 aliphatic carbocycles. The molecule has 0 aliphatic rings. The fourth-order valence-corrected chi connectivity index (χ4v) is 3.46. The number of hydrogen-bond donors (Lipinski definition) is 1. The van der Waals surface area contributed by atoms with E-state index in [9.17, 15) is 4.79 Å². The molecule has 1 amide bonds. The van der Waals surface area contributed by atoms with Gasteiger partial charge >= 0.3 is 6.01 Å². The lowest BCUT2D eigenvalue weighted by Crippen LogP contribution is -2.16. The summed E-state index contributed by atoms with van der Waals surface area (Å²) in [6.07, 6.45) is 4.01. The molecule has 2 aromatic carbocycles. The Morgan fingerprint density at radius 2 is 1.80 bits per heavy atom. The highest BCUT2D eigenvalue weighted by atomic mass is 16.5. The molecule has 30 heavy (non-hydrogen) atoms. The number of aryl methyl sites for hydroxylation is 2. The predicted molar refractivity (Wildman–Crippen MR) is 117 cm³/mol. The van der Waals surface area contributed by atoms with Crippen LogP contribution in [0.25, 0.3) is 10.9 Å². The maximum atomic E-state index is 13.3. The number of carbonyl (C=O) groups is 1. The summed E-state index contributed by atoms with van der Waals surface area (Å²) < 4.78 is 5.67. The first kappa shape index (κ1) is 19.5. The molecule has 0 aliphatic heterocycles. The summed E-state index contributed by atoms with van der Waals surface area (Å²) in [5, 5.41) is 3.90. The highest BCUT2D eigenvalue weighted by molar-refractivity contribution is 6.13. The first-order chi connectivity index (χ1) is 14.6. The van der Waals surface area contributed by atoms with Gasteiger partial charge < -0.3 is 10.1 Å². The van der Waals surface area contributed by atoms with Gasteiger partial charge in [-0.1, -0.05) is 25.1 Å². The number of nitrogens with one attached hydrogen (secondary N) is 1. The van der Waals surface area contributed by atoms with Crippen molar-refractivity contribution >= 4 is 22.5 Å². The van der Waals surface area contributed by atoms with Crippen molar-refractivity contribution in [1.82, 2.24) is 15.0 Å². The van der Waals surface area contributed by atoms with Gasteiger partial charge in [-0.15, -0.1) is 0 Å². The number of carbonyl (C=O) groups excluding carboxylic acids is 1. The molecule has 0 fully saturated rings. The van der Waals surface area contributed by atoms with Crippen molar-refractivity contribution in [2.24, 2.45) is 0 Å². The average molecular weight is 398 g/mol. The van der Waals surface area contributed by atoms with Gasteiger partial charge in [0, 0.05) is 29.2 Å². The number of nitrogens with zero attached hydrogens (tertiary/aromatic N) is 3. The SMILES string of the molecule is CCc1nc2ccccc2c(C(=O)Nc2ccc(Oc3ncccn3)cc2C)c1C. The van der Waals surface area contributed by atoms with Crippen LogP contribution >= 0.6 is 0 Å². The molecule has 1 N–H and O–H groups in total. The smallest absolute Gasteiger partial charge is 0.321 e. The molecule has 4 rings (SSSR count). The Morgan fingerprint density at radius 3 is 2.53 bits per heavy atom. The highest BCUT2D eigenvalue weighted by Crippen LogP contribution is 2.27. The summed E-state index contributed by atoms with van der Waals surface area (Å²) in [6, 6.07) is 15.2. The van der Waals surface area contributed by atoms with E-state index in [-0.39, 0.29) is 11.9 Å². The molecule has 0 unspecified atom stereocenters. The van der Waals surface area contributed by atoms with Crippen LogP contribution in [0.5, 0.6) is 11.8 Å². The molecule has 2 heterocycles. The van der Waals surface area contributed by atoms with Crippen LogP contribution in [0.2, 0.25) is 0 Å². The molecule has 2 aromatic heterocycles. The zero-order valence-electron chi connectivity index (χ0n) is 17.1. The van der Waals surface area contributed by atoms with E-state index in [1.807, 2.05) is 57.2 Å². The third kappa shape index (κ3) is 3.85. The van der Waals surface area contributed by atoms with Crippen molar-refractivity contribution in [1.29, 1.82) is 0 Å². The molecule has 150 valence electrons. The number of benzene rings is 2. The summed E-state index contributed by atoms with van der Waals surface area (Å²) in [5.41, 5.74) is 4.93. The van der Waals surface area contributed by atoms with E-state index in [1.165, 1.54) is 0 Å². The van der Waals surface area contributed by atoms with Crippen molar-refractivity contribution in [3.05, 3.63) is 83.3 Å². The van der Waals surface area contributed by atoms with Crippen LogP contribution in [-0.2, 0) is 6.42 Å². The number of para-hydroxylation sites is 1. The lowest BCUT2D eigenvalue weighted by molar-refractivity contribution is 0.102. The Balaban J connectivity index is 1.64. The molecular formula is C24H22N4O2. The number of fused-ring (bicyclic) bond motifs is 1. The Morgan fingerprint density at radius 1 is 1.03 bits per heavy atom. The Hall–Kier alpha value is -3.80. The number of hydrogen-bond acceptors (Lipinski definition) is 5. The summed E-state index contributed by atoms with van der Waals surface area (Å²) in [5.74, 6) is 0.458. The molecular weight excluding hydrogens is 376 g/mol. The quantitative estimate of drug-likeness (QED) is 0.497. The fraction of sp³-hybridized carbons (Fsp3) is 0.167. The predicted octanol–water partition coefficient (Wildman–Crippen LogP) is 5.25. The second-order valence-electron chi connectivity index (χ2n) is 6.99. The van der Waals surface area contributed by atoms with Crippen molar-refractivity contribution in [3.63, 3.8) is 0 Å². The summed E-state index contributed by atoms with van der Waals surface area (Å²) >= 11 is 0. The zero-order valence-corrected chi connectivity index (χ0v) is 17.1. The molecule has 0 saturated heterocycles. The normalized spacial score (nSPS) is 10.8. The van der Waals surface area contributed by atoms with E-state index in [1.54, 1.807) is 24.5 Å². The number of rotatable bonds is 5. The minimum Gasteiger partial charge on any atom is -0.424 e. The van der Waals surface area contributed by atoms with E-state index in [4.69, 9.17) is 9.72 Å². The largest absolute Gasteiger partial charge is 0.424 e. The van der Waals surface area contributed by atoms with Gasteiger partial charge in [-0.05, 0) is 61.7 Å². The molecule has 4 aromatic rings. The molecule has 0 bridgehead atoms. The van der Waals surface area contributed by atoms with Gasteiger partial charge in [0.2, 0.25) is 0 Å². The Labute approximate surface area is 175 Å². The number of amides is 1. The molecule has 0 atom stereocenters. The Bertz CT molecular complexity index is 1220. The van der Waals surface area contributed by atoms with E-state index in [0.717, 1.165) is 39.8 Å². The maximum Gasteiger partial charge on any atom is 0.321 e. The lowest BCUT2D eigenvalue weighted by Gasteiger charge is -2.15. The second kappa shape index (κ2) is 8.29. The number of aromatic nitrogens is 3. The molecule has 6 heteroatoms. The zero-order chi connectivity index (χ0) is 21.1. The minimum atomic E-state index is -0.149.